The number of urea groups is 1. The Balaban J connectivity index is 1.84. The van der Waals surface area contributed by atoms with E-state index in [1.165, 1.54) is 23.5 Å². The quantitative estimate of drug-likeness (QED) is 0.680. The largest absolute Gasteiger partial charge is 0.497 e. The molecule has 2 rings (SSSR count). The lowest BCUT2D eigenvalue weighted by atomic mass is 10.3. The lowest BCUT2D eigenvalue weighted by Gasteiger charge is -2.33. The third kappa shape index (κ3) is 5.91. The molecule has 28 heavy (non-hydrogen) atoms. The molecule has 1 aliphatic heterocycles. The predicted octanol–water partition coefficient (Wildman–Crippen LogP) is 0.626. The Labute approximate surface area is 166 Å². The van der Waals surface area contributed by atoms with Crippen LogP contribution in [-0.2, 0) is 14.8 Å². The molecule has 0 unspecified atom stereocenters. The summed E-state index contributed by atoms with van der Waals surface area (Å²) >= 11 is 0. The van der Waals surface area contributed by atoms with Gasteiger partial charge in [0.1, 0.15) is 5.75 Å². The molecule has 0 spiro atoms. The zero-order valence-corrected chi connectivity index (χ0v) is 17.3. The van der Waals surface area contributed by atoms with Gasteiger partial charge in [0.25, 0.3) is 0 Å². The number of carbonyl (C=O) groups excluding carboxylic acids is 2. The monoisotopic (exact) mass is 412 g/mol. The van der Waals surface area contributed by atoms with E-state index in [4.69, 9.17) is 4.74 Å². The second-order valence-electron chi connectivity index (χ2n) is 6.69. The van der Waals surface area contributed by atoms with E-state index in [2.05, 4.69) is 10.6 Å². The number of ether oxygens (including phenoxy) is 1. The number of sulfonamides is 1. The SMILES string of the molecule is CC[C@H](C)NC(=O)NC(=O)CN1CCN(S(=O)(=O)c2ccc(OC)cc2)CC1. The van der Waals surface area contributed by atoms with Crippen molar-refractivity contribution in [2.45, 2.75) is 31.2 Å². The van der Waals surface area contributed by atoms with E-state index in [0.717, 1.165) is 6.42 Å². The van der Waals surface area contributed by atoms with Crippen molar-refractivity contribution < 1.29 is 22.7 Å². The zero-order valence-electron chi connectivity index (χ0n) is 16.5. The smallest absolute Gasteiger partial charge is 0.321 e. The van der Waals surface area contributed by atoms with Crippen LogP contribution in [0.2, 0.25) is 0 Å². The summed E-state index contributed by atoms with van der Waals surface area (Å²) in [5.74, 6) is 0.180. The van der Waals surface area contributed by atoms with E-state index < -0.39 is 22.0 Å². The van der Waals surface area contributed by atoms with Crippen molar-refractivity contribution in [1.29, 1.82) is 0 Å². The van der Waals surface area contributed by atoms with Gasteiger partial charge in [-0.15, -0.1) is 0 Å². The maximum absolute atomic E-state index is 12.7. The summed E-state index contributed by atoms with van der Waals surface area (Å²) in [5.41, 5.74) is 0. The number of nitrogens with one attached hydrogen (secondary N) is 2. The fourth-order valence-corrected chi connectivity index (χ4v) is 4.18. The molecule has 0 radical (unpaired) electrons. The number of piperazine rings is 1. The van der Waals surface area contributed by atoms with E-state index in [1.807, 2.05) is 18.7 Å². The minimum absolute atomic E-state index is 0.0143. The lowest BCUT2D eigenvalue weighted by molar-refractivity contribution is -0.121. The number of hydrogen-bond donors (Lipinski definition) is 2. The van der Waals surface area contributed by atoms with Crippen molar-refractivity contribution in [3.8, 4) is 5.75 Å². The van der Waals surface area contributed by atoms with Crippen LogP contribution in [0.15, 0.2) is 29.2 Å². The van der Waals surface area contributed by atoms with Crippen LogP contribution in [0.5, 0.6) is 5.75 Å². The molecule has 0 saturated carbocycles. The van der Waals surface area contributed by atoms with Crippen LogP contribution in [0.25, 0.3) is 0 Å². The molecule has 1 aromatic carbocycles. The van der Waals surface area contributed by atoms with Gasteiger partial charge in [0.05, 0.1) is 18.6 Å². The topological polar surface area (TPSA) is 108 Å². The van der Waals surface area contributed by atoms with E-state index in [1.54, 1.807) is 12.1 Å². The number of imide groups is 1. The first-order valence-electron chi connectivity index (χ1n) is 9.23. The summed E-state index contributed by atoms with van der Waals surface area (Å²) in [6, 6.07) is 5.73. The standard InChI is InChI=1S/C18H28N4O5S/c1-4-14(2)19-18(24)20-17(23)13-21-9-11-22(12-10-21)28(25,26)16-7-5-15(27-3)6-8-16/h5-8,14H,4,9-13H2,1-3H3,(H2,19,20,23,24)/t14-/m0/s1. The van der Waals surface area contributed by atoms with E-state index in [-0.39, 0.29) is 30.6 Å². The number of benzene rings is 1. The number of nitrogens with zero attached hydrogens (tertiary/aromatic N) is 2. The first kappa shape index (κ1) is 22.1. The molecule has 9 nitrogen and oxygen atoms in total. The van der Waals surface area contributed by atoms with Crippen molar-refractivity contribution in [2.75, 3.05) is 39.8 Å². The summed E-state index contributed by atoms with van der Waals surface area (Å²) in [4.78, 5) is 25.7. The van der Waals surface area contributed by atoms with Crippen molar-refractivity contribution in [2.24, 2.45) is 0 Å². The molecule has 1 saturated heterocycles. The van der Waals surface area contributed by atoms with Crippen molar-refractivity contribution >= 4 is 22.0 Å². The van der Waals surface area contributed by atoms with E-state index >= 15 is 0 Å². The van der Waals surface area contributed by atoms with Crippen LogP contribution in [0.4, 0.5) is 4.79 Å². The molecular formula is C18H28N4O5S. The van der Waals surface area contributed by atoms with Gasteiger partial charge in [-0.1, -0.05) is 6.92 Å². The van der Waals surface area contributed by atoms with Crippen molar-refractivity contribution in [3.63, 3.8) is 0 Å². The second-order valence-corrected chi connectivity index (χ2v) is 8.62. The van der Waals surface area contributed by atoms with Crippen LogP contribution in [-0.4, -0.2) is 75.4 Å². The molecule has 3 amide bonds. The Bertz CT molecular complexity index is 774. The first-order chi connectivity index (χ1) is 13.3. The first-order valence-corrected chi connectivity index (χ1v) is 10.7. The molecule has 1 aliphatic rings. The highest BCUT2D eigenvalue weighted by Crippen LogP contribution is 2.20. The normalized spacial score (nSPS) is 17.0. The number of hydrogen-bond acceptors (Lipinski definition) is 6. The molecule has 0 aromatic heterocycles. The maximum atomic E-state index is 12.7. The van der Waals surface area contributed by atoms with Gasteiger partial charge in [-0.05, 0) is 37.6 Å². The molecule has 0 aliphatic carbocycles. The molecule has 1 heterocycles. The molecule has 10 heteroatoms. The summed E-state index contributed by atoms with van der Waals surface area (Å²) in [5, 5.41) is 4.96. The molecule has 1 fully saturated rings. The van der Waals surface area contributed by atoms with Crippen molar-refractivity contribution in [3.05, 3.63) is 24.3 Å². The average Bonchev–Trinajstić information content (AvgIpc) is 2.68. The molecule has 0 bridgehead atoms. The Morgan fingerprint density at radius 1 is 1.14 bits per heavy atom. The summed E-state index contributed by atoms with van der Waals surface area (Å²) < 4.78 is 31.9. The lowest BCUT2D eigenvalue weighted by Crippen LogP contribution is -2.52. The van der Waals surface area contributed by atoms with Crippen molar-refractivity contribution in [1.82, 2.24) is 19.8 Å². The second kappa shape index (κ2) is 9.85. The molecule has 156 valence electrons. The molecule has 2 N–H and O–H groups in total. The fourth-order valence-electron chi connectivity index (χ4n) is 2.76. The highest BCUT2D eigenvalue weighted by molar-refractivity contribution is 7.89. The third-order valence-corrected chi connectivity index (χ3v) is 6.55. The zero-order chi connectivity index (χ0) is 20.7. The number of amides is 3. The van der Waals surface area contributed by atoms with Gasteiger partial charge in [-0.25, -0.2) is 13.2 Å². The predicted molar refractivity (Wildman–Crippen MR) is 105 cm³/mol. The van der Waals surface area contributed by atoms with Gasteiger partial charge in [-0.2, -0.15) is 4.31 Å². The highest BCUT2D eigenvalue weighted by Gasteiger charge is 2.29. The van der Waals surface area contributed by atoms with Gasteiger partial charge >= 0.3 is 6.03 Å². The number of methoxy groups -OCH3 is 1. The number of carbonyl (C=O) groups is 2. The summed E-state index contributed by atoms with van der Waals surface area (Å²) in [6.45, 7) is 5.22. The Kier molecular flexibility index (Phi) is 7.78. The van der Waals surface area contributed by atoms with Crippen LogP contribution >= 0.6 is 0 Å². The third-order valence-electron chi connectivity index (χ3n) is 4.64. The van der Waals surface area contributed by atoms with E-state index in [0.29, 0.717) is 18.8 Å². The Hall–Kier alpha value is -2.17. The Morgan fingerprint density at radius 3 is 2.29 bits per heavy atom. The van der Waals surface area contributed by atoms with Gasteiger partial charge in [0, 0.05) is 32.2 Å². The van der Waals surface area contributed by atoms with Gasteiger partial charge < -0.3 is 10.1 Å². The minimum atomic E-state index is -3.59. The van der Waals surface area contributed by atoms with Gasteiger partial charge in [0.2, 0.25) is 15.9 Å². The summed E-state index contributed by atoms with van der Waals surface area (Å²) in [6.07, 6.45) is 0.770. The average molecular weight is 413 g/mol. The molecule has 1 atom stereocenters. The van der Waals surface area contributed by atoms with Crippen LogP contribution in [0.3, 0.4) is 0 Å². The Morgan fingerprint density at radius 2 is 1.75 bits per heavy atom. The van der Waals surface area contributed by atoms with Crippen LogP contribution in [0.1, 0.15) is 20.3 Å². The van der Waals surface area contributed by atoms with Crippen LogP contribution in [0, 0.1) is 0 Å². The molecule has 1 aromatic rings. The van der Waals surface area contributed by atoms with E-state index in [9.17, 15) is 18.0 Å². The maximum Gasteiger partial charge on any atom is 0.321 e. The summed E-state index contributed by atoms with van der Waals surface area (Å²) in [7, 11) is -2.07. The number of rotatable bonds is 7. The molecular weight excluding hydrogens is 384 g/mol. The highest BCUT2D eigenvalue weighted by atomic mass is 32.2. The fraction of sp³-hybridized carbons (Fsp3) is 0.556. The minimum Gasteiger partial charge on any atom is -0.497 e. The van der Waals surface area contributed by atoms with Crippen LogP contribution < -0.4 is 15.4 Å². The van der Waals surface area contributed by atoms with Gasteiger partial charge in [-0.3, -0.25) is 15.0 Å². The van der Waals surface area contributed by atoms with Gasteiger partial charge in [0.15, 0.2) is 0 Å².